The Hall–Kier alpha value is -2.17. The van der Waals surface area contributed by atoms with E-state index < -0.39 is 6.10 Å². The molecular weight excluding hydrogens is 314 g/mol. The maximum Gasteiger partial charge on any atom is 0.226 e. The van der Waals surface area contributed by atoms with Crippen LogP contribution in [0.4, 0.5) is 0 Å². The van der Waals surface area contributed by atoms with E-state index in [1.165, 1.54) is 0 Å². The quantitative estimate of drug-likeness (QED) is 0.776. The predicted molar refractivity (Wildman–Crippen MR) is 99.0 cm³/mol. The second-order valence-corrected chi connectivity index (χ2v) is 6.44. The van der Waals surface area contributed by atoms with E-state index >= 15 is 0 Å². The van der Waals surface area contributed by atoms with Crippen LogP contribution in [0.15, 0.2) is 60.7 Å². The molecule has 0 bridgehead atoms. The first-order valence-corrected chi connectivity index (χ1v) is 8.69. The van der Waals surface area contributed by atoms with E-state index in [9.17, 15) is 15.0 Å². The van der Waals surface area contributed by atoms with E-state index in [2.05, 4.69) is 0 Å². The van der Waals surface area contributed by atoms with E-state index in [1.807, 2.05) is 67.6 Å². The normalized spacial score (nSPS) is 14.6. The Bertz CT molecular complexity index is 645. The van der Waals surface area contributed by atoms with Gasteiger partial charge in [-0.1, -0.05) is 60.7 Å². The molecule has 0 saturated carbocycles. The zero-order valence-electron chi connectivity index (χ0n) is 14.9. The second-order valence-electron chi connectivity index (χ2n) is 6.44. The van der Waals surface area contributed by atoms with Crippen molar-refractivity contribution in [3.05, 3.63) is 71.8 Å². The lowest BCUT2D eigenvalue weighted by Crippen LogP contribution is -2.43. The summed E-state index contributed by atoms with van der Waals surface area (Å²) in [6.07, 6.45) is 0.243. The van der Waals surface area contributed by atoms with Crippen LogP contribution in [0.1, 0.15) is 30.6 Å². The SMILES string of the molecule is C[C@@H]([C@@H](O)c1ccccc1)N(C)C(=O)[C@H](CCO)Cc1ccccc1. The van der Waals surface area contributed by atoms with Gasteiger partial charge in [-0.05, 0) is 30.9 Å². The lowest BCUT2D eigenvalue weighted by molar-refractivity contribution is -0.138. The van der Waals surface area contributed by atoms with Crippen LogP contribution in [-0.4, -0.2) is 40.7 Å². The fraction of sp³-hybridized carbons (Fsp3) is 0.381. The second kappa shape index (κ2) is 9.35. The fourth-order valence-corrected chi connectivity index (χ4v) is 3.00. The highest BCUT2D eigenvalue weighted by molar-refractivity contribution is 5.79. The Morgan fingerprint density at radius 2 is 1.60 bits per heavy atom. The van der Waals surface area contributed by atoms with Crippen molar-refractivity contribution >= 4 is 5.91 Å². The Morgan fingerprint density at radius 1 is 1.04 bits per heavy atom. The predicted octanol–water partition coefficient (Wildman–Crippen LogP) is 2.81. The zero-order chi connectivity index (χ0) is 18.2. The first-order valence-electron chi connectivity index (χ1n) is 8.69. The van der Waals surface area contributed by atoms with Crippen LogP contribution in [0.5, 0.6) is 0 Å². The van der Waals surface area contributed by atoms with Crippen molar-refractivity contribution < 1.29 is 15.0 Å². The highest BCUT2D eigenvalue weighted by Crippen LogP contribution is 2.23. The van der Waals surface area contributed by atoms with E-state index in [0.29, 0.717) is 12.8 Å². The number of nitrogens with zero attached hydrogens (tertiary/aromatic N) is 1. The smallest absolute Gasteiger partial charge is 0.226 e. The maximum atomic E-state index is 12.9. The molecule has 0 aromatic heterocycles. The molecule has 0 radical (unpaired) electrons. The summed E-state index contributed by atoms with van der Waals surface area (Å²) < 4.78 is 0. The van der Waals surface area contributed by atoms with Gasteiger partial charge in [0.1, 0.15) is 0 Å². The molecule has 134 valence electrons. The van der Waals surface area contributed by atoms with Crippen LogP contribution in [0.25, 0.3) is 0 Å². The molecule has 0 unspecified atom stereocenters. The molecule has 2 aromatic carbocycles. The van der Waals surface area contributed by atoms with Crippen molar-refractivity contribution in [3.8, 4) is 0 Å². The van der Waals surface area contributed by atoms with Crippen molar-refractivity contribution in [2.45, 2.75) is 31.9 Å². The molecule has 2 rings (SSSR count). The van der Waals surface area contributed by atoms with Gasteiger partial charge in [-0.25, -0.2) is 0 Å². The van der Waals surface area contributed by atoms with Crippen LogP contribution in [0.3, 0.4) is 0 Å². The third-order valence-electron chi connectivity index (χ3n) is 4.71. The van der Waals surface area contributed by atoms with Gasteiger partial charge < -0.3 is 15.1 Å². The molecule has 0 spiro atoms. The molecule has 1 amide bonds. The lowest BCUT2D eigenvalue weighted by Gasteiger charge is -2.32. The Kier molecular flexibility index (Phi) is 7.16. The molecule has 2 N–H and O–H groups in total. The summed E-state index contributed by atoms with van der Waals surface area (Å²) in [4.78, 5) is 14.5. The minimum Gasteiger partial charge on any atom is -0.396 e. The van der Waals surface area contributed by atoms with Crippen LogP contribution in [0, 0.1) is 5.92 Å². The summed E-state index contributed by atoms with van der Waals surface area (Å²) >= 11 is 0. The highest BCUT2D eigenvalue weighted by Gasteiger charge is 2.29. The molecule has 0 aliphatic rings. The first kappa shape index (κ1) is 19.2. The molecule has 25 heavy (non-hydrogen) atoms. The van der Waals surface area contributed by atoms with Crippen LogP contribution < -0.4 is 0 Å². The minimum absolute atomic E-state index is 0.0350. The van der Waals surface area contributed by atoms with E-state index in [-0.39, 0.29) is 24.5 Å². The molecule has 0 aliphatic heterocycles. The molecule has 0 fully saturated rings. The molecule has 3 atom stereocenters. The largest absolute Gasteiger partial charge is 0.396 e. The fourth-order valence-electron chi connectivity index (χ4n) is 3.00. The van der Waals surface area contributed by atoms with Crippen LogP contribution in [-0.2, 0) is 11.2 Å². The molecule has 2 aromatic rings. The number of carbonyl (C=O) groups excluding carboxylic acids is 1. The Labute approximate surface area is 149 Å². The Balaban J connectivity index is 2.09. The van der Waals surface area contributed by atoms with Crippen LogP contribution >= 0.6 is 0 Å². The van der Waals surface area contributed by atoms with Crippen molar-refractivity contribution in [1.82, 2.24) is 4.90 Å². The monoisotopic (exact) mass is 341 g/mol. The molecule has 4 nitrogen and oxygen atoms in total. The minimum atomic E-state index is -0.748. The van der Waals surface area contributed by atoms with Gasteiger partial charge in [0.2, 0.25) is 5.91 Å². The summed E-state index contributed by atoms with van der Waals surface area (Å²) in [6.45, 7) is 1.81. The van der Waals surface area contributed by atoms with E-state index in [0.717, 1.165) is 11.1 Å². The number of carbonyl (C=O) groups is 1. The maximum absolute atomic E-state index is 12.9. The van der Waals surface area contributed by atoms with Crippen molar-refractivity contribution in [3.63, 3.8) is 0 Å². The van der Waals surface area contributed by atoms with Crippen molar-refractivity contribution in [2.24, 2.45) is 5.92 Å². The third kappa shape index (κ3) is 5.15. The number of hydrogen-bond donors (Lipinski definition) is 2. The average Bonchev–Trinajstić information content (AvgIpc) is 2.67. The van der Waals surface area contributed by atoms with Gasteiger partial charge in [-0.3, -0.25) is 4.79 Å². The summed E-state index contributed by atoms with van der Waals surface area (Å²) in [6, 6.07) is 18.8. The molecule has 0 aliphatic carbocycles. The summed E-state index contributed by atoms with van der Waals surface area (Å²) in [5, 5.41) is 19.9. The summed E-state index contributed by atoms with van der Waals surface area (Å²) in [7, 11) is 1.72. The van der Waals surface area contributed by atoms with Gasteiger partial charge in [0, 0.05) is 19.6 Å². The number of hydrogen-bond acceptors (Lipinski definition) is 3. The van der Waals surface area contributed by atoms with E-state index in [4.69, 9.17) is 0 Å². The van der Waals surface area contributed by atoms with Gasteiger partial charge >= 0.3 is 0 Å². The molecular formula is C21H27NO3. The van der Waals surface area contributed by atoms with Crippen LogP contribution in [0.2, 0.25) is 0 Å². The topological polar surface area (TPSA) is 60.8 Å². The number of aliphatic hydroxyl groups is 2. The summed E-state index contributed by atoms with van der Waals surface area (Å²) in [5.41, 5.74) is 1.86. The van der Waals surface area contributed by atoms with Crippen molar-refractivity contribution in [2.75, 3.05) is 13.7 Å². The van der Waals surface area contributed by atoms with E-state index in [1.54, 1.807) is 11.9 Å². The molecule has 0 saturated heterocycles. The average molecular weight is 341 g/mol. The number of benzene rings is 2. The third-order valence-corrected chi connectivity index (χ3v) is 4.71. The number of likely N-dealkylation sites (N-methyl/N-ethyl adjacent to an activating group) is 1. The van der Waals surface area contributed by atoms with Crippen molar-refractivity contribution in [1.29, 1.82) is 0 Å². The van der Waals surface area contributed by atoms with Gasteiger partial charge in [-0.2, -0.15) is 0 Å². The van der Waals surface area contributed by atoms with Gasteiger partial charge in [0.15, 0.2) is 0 Å². The molecule has 4 heteroatoms. The van der Waals surface area contributed by atoms with Gasteiger partial charge in [0.25, 0.3) is 0 Å². The Morgan fingerprint density at radius 3 is 2.16 bits per heavy atom. The molecule has 0 heterocycles. The summed E-state index contributed by atoms with van der Waals surface area (Å²) in [5.74, 6) is -0.358. The highest BCUT2D eigenvalue weighted by atomic mass is 16.3. The number of amides is 1. The standard InChI is InChI=1S/C21H27NO3/c1-16(20(24)18-11-7-4-8-12-18)22(2)21(25)19(13-14-23)15-17-9-5-3-6-10-17/h3-12,16,19-20,23-24H,13-15H2,1-2H3/t16-,19+,20+/m0/s1. The number of rotatable bonds is 8. The zero-order valence-corrected chi connectivity index (χ0v) is 14.9. The van der Waals surface area contributed by atoms with Gasteiger partial charge in [-0.15, -0.1) is 0 Å². The first-order chi connectivity index (χ1) is 12.0. The van der Waals surface area contributed by atoms with Gasteiger partial charge in [0.05, 0.1) is 12.1 Å². The lowest BCUT2D eigenvalue weighted by atomic mass is 9.93. The number of aliphatic hydroxyl groups excluding tert-OH is 2.